The van der Waals surface area contributed by atoms with E-state index in [0.717, 1.165) is 30.8 Å². The lowest BCUT2D eigenvalue weighted by atomic mass is 9.94. The van der Waals surface area contributed by atoms with Gasteiger partial charge in [-0.1, -0.05) is 60.9 Å². The summed E-state index contributed by atoms with van der Waals surface area (Å²) in [7, 11) is 0. The monoisotopic (exact) mass is 372 g/mol. The van der Waals surface area contributed by atoms with E-state index in [0.29, 0.717) is 11.2 Å². The first-order valence-corrected chi connectivity index (χ1v) is 10.4. The van der Waals surface area contributed by atoms with Gasteiger partial charge in [0.05, 0.1) is 5.25 Å². The van der Waals surface area contributed by atoms with Crippen molar-refractivity contribution in [2.24, 2.45) is 0 Å². The van der Waals surface area contributed by atoms with Crippen molar-refractivity contribution in [3.8, 4) is 11.4 Å². The fourth-order valence-electron chi connectivity index (χ4n) is 3.57. The first-order valence-electron chi connectivity index (χ1n) is 9.55. The van der Waals surface area contributed by atoms with Crippen molar-refractivity contribution >= 4 is 17.7 Å². The van der Waals surface area contributed by atoms with Crippen LogP contribution in [0.5, 0.6) is 0 Å². The highest BCUT2D eigenvalue weighted by atomic mass is 32.2. The number of thioether (sulfide) groups is 1. The summed E-state index contributed by atoms with van der Waals surface area (Å²) in [6, 6.07) is 8.57. The molecule has 140 valence electrons. The molecule has 1 saturated carbocycles. The number of aryl methyl sites for hydroxylation is 1. The molecule has 1 heterocycles. The quantitative estimate of drug-likeness (QED) is 0.762. The van der Waals surface area contributed by atoms with Crippen LogP contribution in [0.25, 0.3) is 11.4 Å². The lowest BCUT2D eigenvalue weighted by molar-refractivity contribution is -0.133. The van der Waals surface area contributed by atoms with Gasteiger partial charge in [0.2, 0.25) is 11.1 Å². The maximum atomic E-state index is 12.9. The van der Waals surface area contributed by atoms with Crippen LogP contribution in [0.2, 0.25) is 0 Å². The highest BCUT2D eigenvalue weighted by Gasteiger charge is 2.28. The molecule has 1 aromatic heterocycles. The predicted octanol–water partition coefficient (Wildman–Crippen LogP) is 4.44. The molecule has 0 spiro atoms. The summed E-state index contributed by atoms with van der Waals surface area (Å²) in [5.41, 5.74) is 2.22. The van der Waals surface area contributed by atoms with Gasteiger partial charge in [-0.05, 0) is 33.6 Å². The van der Waals surface area contributed by atoms with E-state index in [1.165, 1.54) is 36.6 Å². The van der Waals surface area contributed by atoms with Gasteiger partial charge in [0.1, 0.15) is 0 Å². The Labute approximate surface area is 160 Å². The van der Waals surface area contributed by atoms with Crippen molar-refractivity contribution in [1.82, 2.24) is 20.1 Å². The number of nitrogens with zero attached hydrogens (tertiary/aromatic N) is 3. The maximum Gasteiger partial charge on any atom is 0.236 e. The first kappa shape index (κ1) is 19.0. The summed E-state index contributed by atoms with van der Waals surface area (Å²) in [6.07, 6.45) is 6.03. The smallest absolute Gasteiger partial charge is 0.236 e. The van der Waals surface area contributed by atoms with Crippen molar-refractivity contribution in [2.75, 3.05) is 6.54 Å². The van der Waals surface area contributed by atoms with E-state index >= 15 is 0 Å². The Kier molecular flexibility index (Phi) is 6.35. The summed E-state index contributed by atoms with van der Waals surface area (Å²) >= 11 is 1.43. The van der Waals surface area contributed by atoms with Gasteiger partial charge in [0.15, 0.2) is 5.82 Å². The van der Waals surface area contributed by atoms with Gasteiger partial charge in [-0.25, -0.2) is 4.98 Å². The number of amides is 1. The van der Waals surface area contributed by atoms with Gasteiger partial charge in [-0.15, -0.1) is 5.10 Å². The van der Waals surface area contributed by atoms with Crippen LogP contribution in [-0.4, -0.2) is 43.8 Å². The molecule has 6 heteroatoms. The number of rotatable bonds is 6. The third-order valence-electron chi connectivity index (χ3n) is 5.06. The molecule has 5 nitrogen and oxygen atoms in total. The minimum Gasteiger partial charge on any atom is -0.339 e. The Morgan fingerprint density at radius 2 is 1.96 bits per heavy atom. The fourth-order valence-corrected chi connectivity index (χ4v) is 4.36. The number of hydrogen-bond acceptors (Lipinski definition) is 4. The molecule has 1 fully saturated rings. The second-order valence-corrected chi connectivity index (χ2v) is 8.32. The highest BCUT2D eigenvalue weighted by molar-refractivity contribution is 8.00. The van der Waals surface area contributed by atoms with Crippen LogP contribution in [0.15, 0.2) is 29.4 Å². The van der Waals surface area contributed by atoms with Crippen LogP contribution >= 0.6 is 11.8 Å². The molecule has 0 bridgehead atoms. The van der Waals surface area contributed by atoms with E-state index in [-0.39, 0.29) is 11.2 Å². The van der Waals surface area contributed by atoms with Crippen LogP contribution in [-0.2, 0) is 4.79 Å². The van der Waals surface area contributed by atoms with Gasteiger partial charge in [0.25, 0.3) is 0 Å². The van der Waals surface area contributed by atoms with Gasteiger partial charge in [0, 0.05) is 18.2 Å². The second kappa shape index (κ2) is 8.71. The lowest BCUT2D eigenvalue weighted by Crippen LogP contribution is -2.44. The number of hydrogen-bond donors (Lipinski definition) is 1. The zero-order valence-corrected chi connectivity index (χ0v) is 16.7. The van der Waals surface area contributed by atoms with Crippen LogP contribution in [0, 0.1) is 6.92 Å². The number of carbonyl (C=O) groups is 1. The molecule has 1 aliphatic carbocycles. The van der Waals surface area contributed by atoms with Crippen molar-refractivity contribution in [2.45, 2.75) is 69.3 Å². The Balaban J connectivity index is 1.64. The normalized spacial score (nSPS) is 16.4. The van der Waals surface area contributed by atoms with E-state index in [4.69, 9.17) is 0 Å². The van der Waals surface area contributed by atoms with Gasteiger partial charge in [-0.3, -0.25) is 9.89 Å². The molecule has 0 radical (unpaired) electrons. The van der Waals surface area contributed by atoms with Crippen LogP contribution in [0.4, 0.5) is 0 Å². The molecule has 1 atom stereocenters. The lowest BCUT2D eigenvalue weighted by Gasteiger charge is -2.35. The Hall–Kier alpha value is -1.82. The molecule has 0 unspecified atom stereocenters. The predicted molar refractivity (Wildman–Crippen MR) is 106 cm³/mol. The summed E-state index contributed by atoms with van der Waals surface area (Å²) in [5.74, 6) is 0.942. The second-order valence-electron chi connectivity index (χ2n) is 7.01. The maximum absolute atomic E-state index is 12.9. The molecule has 3 rings (SSSR count). The molecular formula is C20H28N4OS. The van der Waals surface area contributed by atoms with Crippen molar-refractivity contribution in [3.05, 3.63) is 29.8 Å². The molecule has 26 heavy (non-hydrogen) atoms. The van der Waals surface area contributed by atoms with Gasteiger partial charge >= 0.3 is 0 Å². The molecule has 2 aromatic rings. The number of benzene rings is 1. The van der Waals surface area contributed by atoms with Crippen molar-refractivity contribution in [3.63, 3.8) is 0 Å². The Morgan fingerprint density at radius 3 is 2.62 bits per heavy atom. The summed E-state index contributed by atoms with van der Waals surface area (Å²) in [5, 5.41) is 7.72. The van der Waals surface area contributed by atoms with Gasteiger partial charge in [-0.2, -0.15) is 0 Å². The molecule has 1 N–H and O–H groups in total. The molecule has 1 aromatic carbocycles. The van der Waals surface area contributed by atoms with E-state index in [9.17, 15) is 4.79 Å². The van der Waals surface area contributed by atoms with E-state index in [1.54, 1.807) is 0 Å². The average molecular weight is 373 g/mol. The zero-order valence-electron chi connectivity index (χ0n) is 15.9. The van der Waals surface area contributed by atoms with E-state index < -0.39 is 0 Å². The fraction of sp³-hybridized carbons (Fsp3) is 0.550. The van der Waals surface area contributed by atoms with E-state index in [2.05, 4.69) is 46.1 Å². The molecule has 0 saturated heterocycles. The van der Waals surface area contributed by atoms with Crippen molar-refractivity contribution in [1.29, 1.82) is 0 Å². The zero-order chi connectivity index (χ0) is 18.5. The number of nitrogens with one attached hydrogen (secondary N) is 1. The van der Waals surface area contributed by atoms with Crippen molar-refractivity contribution < 1.29 is 4.79 Å². The van der Waals surface area contributed by atoms with Crippen LogP contribution < -0.4 is 0 Å². The standard InChI is InChI=1S/C20H28N4OS/c1-4-24(17-8-6-5-7-9-17)19(25)15(3)26-20-21-18(22-23-20)16-12-10-14(2)11-13-16/h10-13,15,17H,4-9H2,1-3H3,(H,21,22,23)/t15-/m0/s1. The number of H-pyrrole nitrogens is 1. The van der Waals surface area contributed by atoms with E-state index in [1.807, 2.05) is 19.1 Å². The van der Waals surface area contributed by atoms with Gasteiger partial charge < -0.3 is 4.90 Å². The molecular weight excluding hydrogens is 344 g/mol. The molecule has 0 aliphatic heterocycles. The Bertz CT molecular complexity index is 722. The topological polar surface area (TPSA) is 61.9 Å². The minimum absolute atomic E-state index is 0.182. The summed E-state index contributed by atoms with van der Waals surface area (Å²) in [6.45, 7) is 6.87. The highest BCUT2D eigenvalue weighted by Crippen LogP contribution is 2.27. The third kappa shape index (κ3) is 4.47. The number of aromatic amines is 1. The average Bonchev–Trinajstić information content (AvgIpc) is 3.12. The Morgan fingerprint density at radius 1 is 1.27 bits per heavy atom. The van der Waals surface area contributed by atoms with Crippen LogP contribution in [0.3, 0.4) is 0 Å². The number of aromatic nitrogens is 3. The largest absolute Gasteiger partial charge is 0.339 e. The summed E-state index contributed by atoms with van der Waals surface area (Å²) in [4.78, 5) is 19.5. The first-order chi connectivity index (χ1) is 12.6. The minimum atomic E-state index is -0.182. The summed E-state index contributed by atoms with van der Waals surface area (Å²) < 4.78 is 0. The SMILES string of the molecule is CCN(C(=O)[C@H](C)Sc1n[nH]c(-c2ccc(C)cc2)n1)C1CCCCC1. The number of carbonyl (C=O) groups excluding carboxylic acids is 1. The molecule has 1 amide bonds. The van der Waals surface area contributed by atoms with Crippen LogP contribution in [0.1, 0.15) is 51.5 Å². The molecule has 1 aliphatic rings. The third-order valence-corrected chi connectivity index (χ3v) is 6.01.